The second kappa shape index (κ2) is 8.12. The van der Waals surface area contributed by atoms with E-state index >= 15 is 0 Å². The highest BCUT2D eigenvalue weighted by Gasteiger charge is 2.57. The summed E-state index contributed by atoms with van der Waals surface area (Å²) in [5, 5.41) is 2.91. The van der Waals surface area contributed by atoms with Gasteiger partial charge in [0.25, 0.3) is 17.4 Å². The summed E-state index contributed by atoms with van der Waals surface area (Å²) >= 11 is 5.49. The normalized spacial score (nSPS) is 24.6. The van der Waals surface area contributed by atoms with E-state index in [4.69, 9.17) is 16.3 Å². The van der Waals surface area contributed by atoms with Crippen molar-refractivity contribution in [2.24, 2.45) is 11.8 Å². The van der Waals surface area contributed by atoms with E-state index in [-0.39, 0.29) is 29.1 Å². The fraction of sp³-hybridized carbons (Fsp3) is 0.429. The lowest BCUT2D eigenvalue weighted by atomic mass is 9.89. The average Bonchev–Trinajstić information content (AvgIpc) is 3.16. The average molecular weight is 451 g/mol. The van der Waals surface area contributed by atoms with Crippen molar-refractivity contribution in [1.29, 1.82) is 0 Å². The molecule has 4 atom stereocenters. The number of alkyl halides is 2. The molecule has 4 rings (SSSR count). The summed E-state index contributed by atoms with van der Waals surface area (Å²) in [5.74, 6) is -2.32. The van der Waals surface area contributed by atoms with E-state index in [9.17, 15) is 18.4 Å². The number of amides is 2. The Morgan fingerprint density at radius 3 is 2.52 bits per heavy atom. The van der Waals surface area contributed by atoms with Gasteiger partial charge in [-0.05, 0) is 31.5 Å². The molecule has 2 heterocycles. The van der Waals surface area contributed by atoms with Gasteiger partial charge in [0, 0.05) is 35.8 Å². The van der Waals surface area contributed by atoms with Crippen LogP contribution in [0.15, 0.2) is 36.9 Å². The smallest absolute Gasteiger partial charge is 0.278 e. The number of hydrogen-bond donors (Lipinski definition) is 1. The summed E-state index contributed by atoms with van der Waals surface area (Å²) in [6.45, 7) is 4.13. The molecule has 164 valence electrons. The summed E-state index contributed by atoms with van der Waals surface area (Å²) in [4.78, 5) is 35.1. The molecule has 31 heavy (non-hydrogen) atoms. The number of carbonyl (C=O) groups excluding carboxylic acids is 2. The SMILES string of the molecule is Cc1ccc(N(C(=O)[C@H](F)Cl)[C@@](C)(C(=O)NC2C3COCC32)c2cncnc2)c(F)c1. The lowest BCUT2D eigenvalue weighted by Gasteiger charge is -2.40. The van der Waals surface area contributed by atoms with Crippen LogP contribution in [0.5, 0.6) is 0 Å². The number of nitrogens with zero attached hydrogens (tertiary/aromatic N) is 3. The Bertz CT molecular complexity index is 999. The maximum atomic E-state index is 15.0. The topological polar surface area (TPSA) is 84.4 Å². The molecule has 1 N–H and O–H groups in total. The van der Waals surface area contributed by atoms with Gasteiger partial charge in [0.05, 0.1) is 18.9 Å². The van der Waals surface area contributed by atoms with E-state index in [1.54, 1.807) is 13.0 Å². The van der Waals surface area contributed by atoms with Gasteiger partial charge in [0.15, 0.2) is 5.54 Å². The first-order valence-electron chi connectivity index (χ1n) is 9.77. The van der Waals surface area contributed by atoms with E-state index in [1.807, 2.05) is 0 Å². The zero-order chi connectivity index (χ0) is 22.3. The number of benzene rings is 1. The third kappa shape index (κ3) is 3.76. The Hall–Kier alpha value is -2.65. The number of ether oxygens (including phenoxy) is 1. The Morgan fingerprint density at radius 1 is 1.29 bits per heavy atom. The summed E-state index contributed by atoms with van der Waals surface area (Å²) in [7, 11) is 0. The van der Waals surface area contributed by atoms with Gasteiger partial charge in [-0.25, -0.2) is 18.7 Å². The molecular formula is C21H21ClF2N4O3. The standard InChI is InChI=1S/C21H21ClF2N4O3/c1-11-3-4-16(15(23)5-11)28(19(29)18(22)24)21(2,12-6-25-10-26-7-12)20(30)27-17-13-8-31-9-14(13)17/h3-7,10,13-14,17-18H,8-9H2,1-2H3,(H,27,30)/t13?,14?,17?,18-,21+/m0/s1. The van der Waals surface area contributed by atoms with Crippen molar-refractivity contribution in [3.05, 3.63) is 53.9 Å². The molecule has 1 aliphatic heterocycles. The quantitative estimate of drug-likeness (QED) is 0.683. The number of carbonyl (C=O) groups is 2. The molecule has 2 aliphatic rings. The van der Waals surface area contributed by atoms with Crippen LogP contribution < -0.4 is 10.2 Å². The van der Waals surface area contributed by atoms with Crippen LogP contribution in [-0.4, -0.2) is 46.7 Å². The molecular weight excluding hydrogens is 430 g/mol. The molecule has 1 aromatic carbocycles. The third-order valence-corrected chi connectivity index (χ3v) is 6.20. The van der Waals surface area contributed by atoms with Gasteiger partial charge in [-0.2, -0.15) is 0 Å². The van der Waals surface area contributed by atoms with Crippen molar-refractivity contribution in [2.45, 2.75) is 31.1 Å². The van der Waals surface area contributed by atoms with Crippen LogP contribution >= 0.6 is 11.6 Å². The molecule has 2 unspecified atom stereocenters. The lowest BCUT2D eigenvalue weighted by molar-refractivity contribution is -0.131. The maximum Gasteiger partial charge on any atom is 0.278 e. The first-order valence-corrected chi connectivity index (χ1v) is 10.2. The summed E-state index contributed by atoms with van der Waals surface area (Å²) in [6.07, 6.45) is 3.91. The first-order chi connectivity index (χ1) is 14.7. The zero-order valence-corrected chi connectivity index (χ0v) is 17.6. The summed E-state index contributed by atoms with van der Waals surface area (Å²) in [5.41, 5.74) is -3.87. The van der Waals surface area contributed by atoms with E-state index in [1.165, 1.54) is 37.8 Å². The second-order valence-electron chi connectivity index (χ2n) is 7.99. The fourth-order valence-corrected chi connectivity index (χ4v) is 4.23. The molecule has 7 nitrogen and oxygen atoms in total. The van der Waals surface area contributed by atoms with Crippen molar-refractivity contribution in [2.75, 3.05) is 18.1 Å². The van der Waals surface area contributed by atoms with Gasteiger partial charge in [-0.3, -0.25) is 14.5 Å². The summed E-state index contributed by atoms with van der Waals surface area (Å²) < 4.78 is 34.4. The van der Waals surface area contributed by atoms with E-state index < -0.39 is 28.8 Å². The predicted molar refractivity (Wildman–Crippen MR) is 108 cm³/mol. The van der Waals surface area contributed by atoms with Crippen LogP contribution in [0, 0.1) is 24.6 Å². The minimum absolute atomic E-state index is 0.137. The Labute approximate surface area is 182 Å². The fourth-order valence-electron chi connectivity index (χ4n) is 4.13. The van der Waals surface area contributed by atoms with Gasteiger partial charge in [0.1, 0.15) is 12.1 Å². The summed E-state index contributed by atoms with van der Waals surface area (Å²) in [6, 6.07) is 3.93. The first kappa shape index (κ1) is 21.6. The number of nitrogens with one attached hydrogen (secondary N) is 1. The van der Waals surface area contributed by atoms with Crippen molar-refractivity contribution in [1.82, 2.24) is 15.3 Å². The van der Waals surface area contributed by atoms with Gasteiger partial charge < -0.3 is 10.1 Å². The Balaban J connectivity index is 1.82. The molecule has 2 aromatic rings. The number of aromatic nitrogens is 2. The highest BCUT2D eigenvalue weighted by atomic mass is 35.5. The lowest BCUT2D eigenvalue weighted by Crippen LogP contribution is -2.59. The molecule has 2 amide bonds. The van der Waals surface area contributed by atoms with Crippen LogP contribution in [0.1, 0.15) is 18.1 Å². The van der Waals surface area contributed by atoms with Crippen molar-refractivity contribution < 1.29 is 23.1 Å². The monoisotopic (exact) mass is 450 g/mol. The van der Waals surface area contributed by atoms with Crippen LogP contribution in [0.4, 0.5) is 14.5 Å². The van der Waals surface area contributed by atoms with Crippen LogP contribution in [0.2, 0.25) is 0 Å². The molecule has 1 saturated carbocycles. The van der Waals surface area contributed by atoms with Gasteiger partial charge in [0.2, 0.25) is 0 Å². The van der Waals surface area contributed by atoms with Gasteiger partial charge in [-0.15, -0.1) is 0 Å². The molecule has 1 saturated heterocycles. The molecule has 1 aromatic heterocycles. The second-order valence-corrected chi connectivity index (χ2v) is 8.38. The highest BCUT2D eigenvalue weighted by molar-refractivity contribution is 6.32. The Morgan fingerprint density at radius 2 is 1.94 bits per heavy atom. The van der Waals surface area contributed by atoms with Crippen LogP contribution in [-0.2, 0) is 19.9 Å². The Kier molecular flexibility index (Phi) is 5.65. The van der Waals surface area contributed by atoms with Crippen molar-refractivity contribution in [3.8, 4) is 0 Å². The highest BCUT2D eigenvalue weighted by Crippen LogP contribution is 2.45. The minimum Gasteiger partial charge on any atom is -0.381 e. The molecule has 2 fully saturated rings. The number of rotatable bonds is 6. The molecule has 10 heteroatoms. The van der Waals surface area contributed by atoms with Crippen molar-refractivity contribution in [3.63, 3.8) is 0 Å². The van der Waals surface area contributed by atoms with Gasteiger partial charge in [-0.1, -0.05) is 17.7 Å². The van der Waals surface area contributed by atoms with E-state index in [2.05, 4.69) is 15.3 Å². The van der Waals surface area contributed by atoms with Crippen LogP contribution in [0.25, 0.3) is 0 Å². The number of fused-ring (bicyclic) bond motifs is 1. The van der Waals surface area contributed by atoms with E-state index in [0.29, 0.717) is 18.8 Å². The largest absolute Gasteiger partial charge is 0.381 e. The van der Waals surface area contributed by atoms with Gasteiger partial charge >= 0.3 is 0 Å². The number of hydrogen-bond acceptors (Lipinski definition) is 5. The maximum absolute atomic E-state index is 15.0. The van der Waals surface area contributed by atoms with Crippen molar-refractivity contribution >= 4 is 29.1 Å². The number of aryl methyl sites for hydroxylation is 1. The molecule has 0 bridgehead atoms. The van der Waals surface area contributed by atoms with E-state index in [0.717, 1.165) is 4.90 Å². The molecule has 0 spiro atoms. The molecule has 1 aliphatic carbocycles. The number of halogens is 3. The predicted octanol–water partition coefficient (Wildman–Crippen LogP) is 2.47. The third-order valence-electron chi connectivity index (χ3n) is 6.01. The molecule has 0 radical (unpaired) electrons. The zero-order valence-electron chi connectivity index (χ0n) is 16.9. The number of anilines is 1. The van der Waals surface area contributed by atoms with Crippen LogP contribution in [0.3, 0.4) is 0 Å². The minimum atomic E-state index is -2.49.